The Morgan fingerprint density at radius 3 is 2.53 bits per heavy atom. The van der Waals surface area contributed by atoms with Crippen LogP contribution in [0.3, 0.4) is 0 Å². The van der Waals surface area contributed by atoms with Crippen LogP contribution < -0.4 is 0 Å². The van der Waals surface area contributed by atoms with Crippen molar-refractivity contribution >= 4 is 17.7 Å². The summed E-state index contributed by atoms with van der Waals surface area (Å²) in [4.78, 5) is 17.1. The van der Waals surface area contributed by atoms with E-state index in [0.717, 1.165) is 44.0 Å². The first-order chi connectivity index (χ1) is 14.6. The van der Waals surface area contributed by atoms with Crippen molar-refractivity contribution in [3.63, 3.8) is 0 Å². The van der Waals surface area contributed by atoms with Crippen molar-refractivity contribution in [1.82, 2.24) is 30.0 Å². The first-order valence-electron chi connectivity index (χ1n) is 10.1. The molecule has 2 heterocycles. The number of rotatable bonds is 6. The van der Waals surface area contributed by atoms with Crippen molar-refractivity contribution in [3.05, 3.63) is 65.2 Å². The molecule has 1 aliphatic heterocycles. The van der Waals surface area contributed by atoms with Crippen LogP contribution >= 0.6 is 11.8 Å². The number of thioether (sulfide) groups is 1. The summed E-state index contributed by atoms with van der Waals surface area (Å²) in [6, 6.07) is 16.6. The maximum Gasteiger partial charge on any atom is 0.233 e. The van der Waals surface area contributed by atoms with Gasteiger partial charge in [-0.25, -0.2) is 0 Å². The standard InChI is InChI=1S/C22H26N6OS/c1-17-8-9-20(18(2)14-17)28-22(23-24-25-28)30-16-21(29)27-12-10-26(11-13-27)15-19-6-4-3-5-7-19/h3-9,14H,10-13,15-16H2,1-2H3. The molecule has 1 amide bonds. The Kier molecular flexibility index (Phi) is 6.44. The molecule has 2 aromatic carbocycles. The summed E-state index contributed by atoms with van der Waals surface area (Å²) in [5.74, 6) is 0.471. The molecule has 1 saturated heterocycles. The summed E-state index contributed by atoms with van der Waals surface area (Å²) >= 11 is 1.39. The van der Waals surface area contributed by atoms with Crippen LogP contribution in [-0.2, 0) is 11.3 Å². The van der Waals surface area contributed by atoms with Gasteiger partial charge in [0.15, 0.2) is 0 Å². The lowest BCUT2D eigenvalue weighted by Gasteiger charge is -2.34. The van der Waals surface area contributed by atoms with E-state index in [1.807, 2.05) is 30.0 Å². The van der Waals surface area contributed by atoms with E-state index in [9.17, 15) is 4.79 Å². The van der Waals surface area contributed by atoms with Crippen molar-refractivity contribution in [1.29, 1.82) is 0 Å². The molecule has 156 valence electrons. The van der Waals surface area contributed by atoms with Gasteiger partial charge in [-0.1, -0.05) is 59.8 Å². The molecular weight excluding hydrogens is 396 g/mol. The van der Waals surface area contributed by atoms with Crippen LogP contribution in [-0.4, -0.2) is 67.8 Å². The second kappa shape index (κ2) is 9.40. The highest BCUT2D eigenvalue weighted by molar-refractivity contribution is 7.99. The number of amides is 1. The smallest absolute Gasteiger partial charge is 0.233 e. The van der Waals surface area contributed by atoms with Gasteiger partial charge in [-0.15, -0.1) is 5.10 Å². The average molecular weight is 423 g/mol. The lowest BCUT2D eigenvalue weighted by Crippen LogP contribution is -2.48. The van der Waals surface area contributed by atoms with E-state index < -0.39 is 0 Å². The van der Waals surface area contributed by atoms with Crippen molar-refractivity contribution in [2.24, 2.45) is 0 Å². The molecule has 0 atom stereocenters. The number of piperazine rings is 1. The molecule has 30 heavy (non-hydrogen) atoms. The van der Waals surface area contributed by atoms with Gasteiger partial charge < -0.3 is 4.90 Å². The number of hydrogen-bond acceptors (Lipinski definition) is 6. The summed E-state index contributed by atoms with van der Waals surface area (Å²) in [5, 5.41) is 12.7. The average Bonchev–Trinajstić information content (AvgIpc) is 3.21. The second-order valence-corrected chi connectivity index (χ2v) is 8.54. The lowest BCUT2D eigenvalue weighted by atomic mass is 10.1. The quantitative estimate of drug-likeness (QED) is 0.569. The molecule has 4 rings (SSSR count). The fraction of sp³-hybridized carbons (Fsp3) is 0.364. The van der Waals surface area contributed by atoms with E-state index in [-0.39, 0.29) is 5.91 Å². The van der Waals surface area contributed by atoms with Gasteiger partial charge in [-0.2, -0.15) is 4.68 Å². The van der Waals surface area contributed by atoms with Crippen LogP contribution in [0.2, 0.25) is 0 Å². The van der Waals surface area contributed by atoms with E-state index in [0.29, 0.717) is 10.9 Å². The van der Waals surface area contributed by atoms with E-state index in [2.05, 4.69) is 57.7 Å². The Bertz CT molecular complexity index is 998. The number of aryl methyl sites for hydroxylation is 2. The summed E-state index contributed by atoms with van der Waals surface area (Å²) in [6.07, 6.45) is 0. The fourth-order valence-corrected chi connectivity index (χ4v) is 4.46. The number of benzene rings is 2. The fourth-order valence-electron chi connectivity index (χ4n) is 3.68. The zero-order chi connectivity index (χ0) is 20.9. The van der Waals surface area contributed by atoms with Crippen molar-refractivity contribution < 1.29 is 4.79 Å². The van der Waals surface area contributed by atoms with Crippen molar-refractivity contribution in [2.45, 2.75) is 25.5 Å². The molecule has 0 saturated carbocycles. The summed E-state index contributed by atoms with van der Waals surface area (Å²) in [5.41, 5.74) is 4.55. The predicted molar refractivity (Wildman–Crippen MR) is 118 cm³/mol. The minimum Gasteiger partial charge on any atom is -0.339 e. The highest BCUT2D eigenvalue weighted by Gasteiger charge is 2.22. The molecule has 1 fully saturated rings. The van der Waals surface area contributed by atoms with E-state index in [1.54, 1.807) is 4.68 Å². The number of carbonyl (C=O) groups excluding carboxylic acids is 1. The molecule has 0 N–H and O–H groups in total. The first-order valence-corrected chi connectivity index (χ1v) is 11.1. The van der Waals surface area contributed by atoms with E-state index in [1.165, 1.54) is 22.9 Å². The van der Waals surface area contributed by atoms with Gasteiger partial charge in [0.05, 0.1) is 11.4 Å². The van der Waals surface area contributed by atoms with Gasteiger partial charge in [0.1, 0.15) is 0 Å². The minimum absolute atomic E-state index is 0.134. The van der Waals surface area contributed by atoms with Crippen LogP contribution in [0.25, 0.3) is 5.69 Å². The summed E-state index contributed by atoms with van der Waals surface area (Å²) in [6.45, 7) is 8.34. The van der Waals surface area contributed by atoms with Gasteiger partial charge in [0.25, 0.3) is 0 Å². The number of tetrazole rings is 1. The third-order valence-corrected chi connectivity index (χ3v) is 6.22. The maximum absolute atomic E-state index is 12.7. The largest absolute Gasteiger partial charge is 0.339 e. The number of hydrogen-bond donors (Lipinski definition) is 0. The first kappa shape index (κ1) is 20.6. The molecule has 1 aliphatic rings. The predicted octanol–water partition coefficient (Wildman–Crippen LogP) is 2.72. The van der Waals surface area contributed by atoms with Crippen molar-refractivity contribution in [3.8, 4) is 5.69 Å². The second-order valence-electron chi connectivity index (χ2n) is 7.59. The summed E-state index contributed by atoms with van der Waals surface area (Å²) < 4.78 is 1.71. The topological polar surface area (TPSA) is 67.2 Å². The molecule has 0 aliphatic carbocycles. The highest BCUT2D eigenvalue weighted by atomic mass is 32.2. The molecular formula is C22H26N6OS. The zero-order valence-corrected chi connectivity index (χ0v) is 18.2. The van der Waals surface area contributed by atoms with Crippen LogP contribution in [0, 0.1) is 13.8 Å². The number of aromatic nitrogens is 4. The monoisotopic (exact) mass is 422 g/mol. The van der Waals surface area contributed by atoms with Crippen LogP contribution in [0.4, 0.5) is 0 Å². The lowest BCUT2D eigenvalue weighted by molar-refractivity contribution is -0.130. The Morgan fingerprint density at radius 2 is 1.80 bits per heavy atom. The van der Waals surface area contributed by atoms with E-state index >= 15 is 0 Å². The maximum atomic E-state index is 12.7. The molecule has 0 radical (unpaired) electrons. The molecule has 3 aromatic rings. The summed E-state index contributed by atoms with van der Waals surface area (Å²) in [7, 11) is 0. The molecule has 0 spiro atoms. The Hall–Kier alpha value is -2.71. The zero-order valence-electron chi connectivity index (χ0n) is 17.4. The molecule has 1 aromatic heterocycles. The van der Waals surface area contributed by atoms with E-state index in [4.69, 9.17) is 0 Å². The normalized spacial score (nSPS) is 14.8. The Morgan fingerprint density at radius 1 is 1.03 bits per heavy atom. The third-order valence-electron chi connectivity index (χ3n) is 5.32. The molecule has 7 nitrogen and oxygen atoms in total. The molecule has 0 bridgehead atoms. The number of nitrogens with zero attached hydrogens (tertiary/aromatic N) is 6. The SMILES string of the molecule is Cc1ccc(-n2nnnc2SCC(=O)N2CCN(Cc3ccccc3)CC2)c(C)c1. The van der Waals surface area contributed by atoms with Gasteiger partial charge >= 0.3 is 0 Å². The third kappa shape index (κ3) is 4.88. The van der Waals surface area contributed by atoms with Gasteiger partial charge in [-0.3, -0.25) is 9.69 Å². The molecule has 8 heteroatoms. The van der Waals surface area contributed by atoms with Gasteiger partial charge in [0, 0.05) is 32.7 Å². The Labute approximate surface area is 181 Å². The minimum atomic E-state index is 0.134. The van der Waals surface area contributed by atoms with Gasteiger partial charge in [0.2, 0.25) is 11.1 Å². The van der Waals surface area contributed by atoms with Crippen LogP contribution in [0.1, 0.15) is 16.7 Å². The number of carbonyl (C=O) groups is 1. The van der Waals surface area contributed by atoms with Gasteiger partial charge in [-0.05, 0) is 41.5 Å². The van der Waals surface area contributed by atoms with Crippen molar-refractivity contribution in [2.75, 3.05) is 31.9 Å². The molecule has 0 unspecified atom stereocenters. The Balaban J connectivity index is 1.30. The highest BCUT2D eigenvalue weighted by Crippen LogP contribution is 2.22. The van der Waals surface area contributed by atoms with Crippen LogP contribution in [0.15, 0.2) is 53.7 Å². The van der Waals surface area contributed by atoms with Crippen LogP contribution in [0.5, 0.6) is 0 Å².